The highest BCUT2D eigenvalue weighted by Gasteiger charge is 2.17. The first-order valence-electron chi connectivity index (χ1n) is 9.22. The molecule has 1 heterocycles. The summed E-state index contributed by atoms with van der Waals surface area (Å²) in [4.78, 5) is 8.88. The van der Waals surface area contributed by atoms with Gasteiger partial charge in [-0.1, -0.05) is 36.4 Å². The third kappa shape index (κ3) is 2.89. The molecule has 4 aromatic rings. The first kappa shape index (κ1) is 15.8. The molecule has 0 bridgehead atoms. The fourth-order valence-corrected chi connectivity index (χ4v) is 3.96. The smallest absolute Gasteiger partial charge is 0.193 e. The van der Waals surface area contributed by atoms with Crippen LogP contribution in [-0.2, 0) is 19.4 Å². The van der Waals surface area contributed by atoms with Gasteiger partial charge >= 0.3 is 0 Å². The summed E-state index contributed by atoms with van der Waals surface area (Å²) in [5.74, 6) is 0.446. The van der Waals surface area contributed by atoms with E-state index in [4.69, 9.17) is 5.73 Å². The van der Waals surface area contributed by atoms with Crippen LogP contribution in [0.5, 0.6) is 0 Å². The van der Waals surface area contributed by atoms with E-state index in [1.165, 1.54) is 21.9 Å². The van der Waals surface area contributed by atoms with Crippen LogP contribution in [0.25, 0.3) is 21.7 Å². The second-order valence-electron chi connectivity index (χ2n) is 6.96. The molecular weight excluding hydrogens is 332 g/mol. The lowest BCUT2D eigenvalue weighted by atomic mass is 10.0. The lowest BCUT2D eigenvalue weighted by Crippen LogP contribution is -2.23. The highest BCUT2D eigenvalue weighted by molar-refractivity contribution is 6.00. The Morgan fingerprint density at radius 2 is 1.93 bits per heavy atom. The predicted octanol–water partition coefficient (Wildman–Crippen LogP) is 4.41. The van der Waals surface area contributed by atoms with Gasteiger partial charge < -0.3 is 11.1 Å². The minimum atomic E-state index is 0.446. The Morgan fingerprint density at radius 1 is 1.00 bits per heavy atom. The molecule has 3 N–H and O–H groups in total. The van der Waals surface area contributed by atoms with Crippen molar-refractivity contribution in [3.05, 3.63) is 83.6 Å². The number of fused-ring (bicyclic) bond motifs is 1. The van der Waals surface area contributed by atoms with Crippen LogP contribution < -0.4 is 11.1 Å². The van der Waals surface area contributed by atoms with Crippen LogP contribution in [0, 0.1) is 0 Å². The minimum Gasteiger partial charge on any atom is -0.370 e. The number of nitrogens with two attached hydrogens (primary N) is 1. The molecule has 0 saturated carbocycles. The summed E-state index contributed by atoms with van der Waals surface area (Å²) in [6.07, 6.45) is 3.94. The van der Waals surface area contributed by atoms with E-state index in [1.807, 2.05) is 18.2 Å². The Morgan fingerprint density at radius 3 is 2.89 bits per heavy atom. The number of anilines is 1. The molecule has 1 aromatic heterocycles. The molecule has 0 unspecified atom stereocenters. The summed E-state index contributed by atoms with van der Waals surface area (Å²) < 4.78 is 0. The zero-order chi connectivity index (χ0) is 18.2. The molecule has 1 aliphatic carbocycles. The minimum absolute atomic E-state index is 0.446. The van der Waals surface area contributed by atoms with Gasteiger partial charge in [0.15, 0.2) is 5.96 Å². The molecule has 4 heteroatoms. The molecule has 132 valence electrons. The van der Waals surface area contributed by atoms with Crippen molar-refractivity contribution in [2.75, 3.05) is 5.32 Å². The van der Waals surface area contributed by atoms with Crippen molar-refractivity contribution in [3.63, 3.8) is 0 Å². The molecule has 5 rings (SSSR count). The molecule has 0 aliphatic heterocycles. The monoisotopic (exact) mass is 352 g/mol. The van der Waals surface area contributed by atoms with Gasteiger partial charge in [-0.25, -0.2) is 4.99 Å². The Bertz CT molecular complexity index is 1190. The first-order chi connectivity index (χ1) is 13.3. The molecule has 3 aromatic carbocycles. The largest absolute Gasteiger partial charge is 0.370 e. The predicted molar refractivity (Wildman–Crippen MR) is 112 cm³/mol. The van der Waals surface area contributed by atoms with Gasteiger partial charge in [0.05, 0.1) is 12.1 Å². The fourth-order valence-electron chi connectivity index (χ4n) is 3.96. The van der Waals surface area contributed by atoms with Crippen LogP contribution in [0.15, 0.2) is 71.9 Å². The maximum Gasteiger partial charge on any atom is 0.193 e. The summed E-state index contributed by atoms with van der Waals surface area (Å²) in [5, 5.41) is 7.10. The summed E-state index contributed by atoms with van der Waals surface area (Å²) in [6.45, 7) is 0.540. The SMILES string of the molecule is NC(=NCc1ccc2ncccc2c1)Nc1ccc2cccc3c2c1CC3. The van der Waals surface area contributed by atoms with Crippen molar-refractivity contribution >= 4 is 33.3 Å². The van der Waals surface area contributed by atoms with Crippen LogP contribution in [0.1, 0.15) is 16.7 Å². The van der Waals surface area contributed by atoms with Crippen LogP contribution in [0.2, 0.25) is 0 Å². The molecule has 0 atom stereocenters. The number of pyridine rings is 1. The fraction of sp³-hybridized carbons (Fsp3) is 0.130. The van der Waals surface area contributed by atoms with Crippen molar-refractivity contribution in [2.45, 2.75) is 19.4 Å². The summed E-state index contributed by atoms with van der Waals surface area (Å²) in [6, 6.07) is 21.0. The molecule has 0 radical (unpaired) electrons. The van der Waals surface area contributed by atoms with Crippen molar-refractivity contribution < 1.29 is 0 Å². The van der Waals surface area contributed by atoms with E-state index in [0.717, 1.165) is 35.0 Å². The van der Waals surface area contributed by atoms with Crippen molar-refractivity contribution in [3.8, 4) is 0 Å². The van der Waals surface area contributed by atoms with Gasteiger partial charge in [0.25, 0.3) is 0 Å². The van der Waals surface area contributed by atoms with Crippen molar-refractivity contribution in [1.29, 1.82) is 0 Å². The number of aromatic nitrogens is 1. The molecule has 0 saturated heterocycles. The number of benzene rings is 3. The van der Waals surface area contributed by atoms with E-state index in [0.29, 0.717) is 12.5 Å². The Hall–Kier alpha value is -3.40. The zero-order valence-corrected chi connectivity index (χ0v) is 14.9. The molecule has 1 aliphatic rings. The van der Waals surface area contributed by atoms with E-state index in [-0.39, 0.29) is 0 Å². The lowest BCUT2D eigenvalue weighted by Gasteiger charge is -2.11. The summed E-state index contributed by atoms with van der Waals surface area (Å²) in [5.41, 5.74) is 12.1. The Balaban J connectivity index is 1.39. The number of rotatable bonds is 3. The van der Waals surface area contributed by atoms with Crippen LogP contribution in [0.3, 0.4) is 0 Å². The van der Waals surface area contributed by atoms with Gasteiger partial charge in [0.1, 0.15) is 0 Å². The number of hydrogen-bond donors (Lipinski definition) is 2. The van der Waals surface area contributed by atoms with E-state index in [2.05, 4.69) is 57.8 Å². The van der Waals surface area contributed by atoms with Gasteiger partial charge in [-0.2, -0.15) is 0 Å². The zero-order valence-electron chi connectivity index (χ0n) is 14.9. The van der Waals surface area contributed by atoms with Crippen LogP contribution >= 0.6 is 0 Å². The standard InChI is InChI=1S/C23H20N4/c24-23(26-14-15-6-10-20-18(13-15)5-2-12-25-20)27-21-11-8-17-4-1-3-16-7-9-19(21)22(16)17/h1-6,8,10-13H,7,9,14H2,(H3,24,26,27). The van der Waals surface area contributed by atoms with Gasteiger partial charge in [0.2, 0.25) is 0 Å². The van der Waals surface area contributed by atoms with E-state index in [9.17, 15) is 0 Å². The summed E-state index contributed by atoms with van der Waals surface area (Å²) in [7, 11) is 0. The van der Waals surface area contributed by atoms with Gasteiger partial charge in [-0.05, 0) is 64.6 Å². The number of hydrogen-bond acceptors (Lipinski definition) is 2. The third-order valence-electron chi connectivity index (χ3n) is 5.25. The number of aliphatic imine (C=N–C) groups is 1. The highest BCUT2D eigenvalue weighted by Crippen LogP contribution is 2.35. The van der Waals surface area contributed by atoms with Gasteiger partial charge in [-0.3, -0.25) is 4.98 Å². The average molecular weight is 352 g/mol. The average Bonchev–Trinajstić information content (AvgIpc) is 3.14. The molecule has 4 nitrogen and oxygen atoms in total. The first-order valence-corrected chi connectivity index (χ1v) is 9.22. The topological polar surface area (TPSA) is 63.3 Å². The van der Waals surface area contributed by atoms with E-state index in [1.54, 1.807) is 6.20 Å². The van der Waals surface area contributed by atoms with Crippen molar-refractivity contribution in [2.24, 2.45) is 10.7 Å². The van der Waals surface area contributed by atoms with Crippen molar-refractivity contribution in [1.82, 2.24) is 4.98 Å². The third-order valence-corrected chi connectivity index (χ3v) is 5.25. The maximum absolute atomic E-state index is 6.18. The Labute approximate surface area is 157 Å². The quantitative estimate of drug-likeness (QED) is 0.424. The Kier molecular flexibility index (Phi) is 3.75. The molecule has 27 heavy (non-hydrogen) atoms. The lowest BCUT2D eigenvalue weighted by molar-refractivity contribution is 1.02. The number of nitrogens with zero attached hydrogens (tertiary/aromatic N) is 2. The van der Waals surface area contributed by atoms with Gasteiger partial charge in [0, 0.05) is 17.3 Å². The maximum atomic E-state index is 6.18. The molecule has 0 amide bonds. The molecular formula is C23H20N4. The van der Waals surface area contributed by atoms with E-state index >= 15 is 0 Å². The normalized spacial score (nSPS) is 13.4. The van der Waals surface area contributed by atoms with Crippen LogP contribution in [-0.4, -0.2) is 10.9 Å². The highest BCUT2D eigenvalue weighted by atomic mass is 15.1. The van der Waals surface area contributed by atoms with Crippen LogP contribution in [0.4, 0.5) is 5.69 Å². The number of guanidine groups is 1. The van der Waals surface area contributed by atoms with E-state index < -0.39 is 0 Å². The second-order valence-corrected chi connectivity index (χ2v) is 6.96. The molecule has 0 fully saturated rings. The number of aryl methyl sites for hydroxylation is 2. The summed E-state index contributed by atoms with van der Waals surface area (Å²) >= 11 is 0. The second kappa shape index (κ2) is 6.40. The van der Waals surface area contributed by atoms with Gasteiger partial charge in [-0.15, -0.1) is 0 Å². The number of nitrogens with one attached hydrogen (secondary N) is 1. The molecule has 0 spiro atoms.